The van der Waals surface area contributed by atoms with E-state index in [-0.39, 0.29) is 0 Å². The Morgan fingerprint density at radius 3 is 2.69 bits per heavy atom. The Labute approximate surface area is 98.7 Å². The molecule has 1 heterocycles. The first-order chi connectivity index (χ1) is 7.86. The van der Waals surface area contributed by atoms with Gasteiger partial charge >= 0.3 is 0 Å². The predicted octanol–water partition coefficient (Wildman–Crippen LogP) is 1.20. The molecule has 1 aromatic heterocycles. The van der Waals surface area contributed by atoms with Crippen molar-refractivity contribution in [1.82, 2.24) is 19.8 Å². The van der Waals surface area contributed by atoms with E-state index >= 15 is 0 Å². The second kappa shape index (κ2) is 8.30. The summed E-state index contributed by atoms with van der Waals surface area (Å²) in [4.78, 5) is 6.45. The number of likely N-dealkylation sites (N-methyl/N-ethyl adjacent to an activating group) is 1. The highest BCUT2D eigenvalue weighted by Crippen LogP contribution is 1.89. The number of aryl methyl sites for hydroxylation is 1. The molecule has 0 aromatic carbocycles. The van der Waals surface area contributed by atoms with Crippen LogP contribution in [0.5, 0.6) is 0 Å². The van der Waals surface area contributed by atoms with Crippen LogP contribution in [0.3, 0.4) is 0 Å². The molecule has 0 amide bonds. The highest BCUT2D eigenvalue weighted by molar-refractivity contribution is 4.73. The fourth-order valence-corrected chi connectivity index (χ4v) is 1.71. The van der Waals surface area contributed by atoms with E-state index in [4.69, 9.17) is 0 Å². The van der Waals surface area contributed by atoms with Crippen molar-refractivity contribution in [3.8, 4) is 0 Å². The molecule has 0 aliphatic rings. The molecule has 0 bridgehead atoms. The largest absolute Gasteiger partial charge is 0.337 e. The van der Waals surface area contributed by atoms with Gasteiger partial charge in [0.2, 0.25) is 0 Å². The van der Waals surface area contributed by atoms with E-state index in [1.54, 1.807) is 0 Å². The van der Waals surface area contributed by atoms with Gasteiger partial charge in [-0.3, -0.25) is 0 Å². The molecule has 0 unspecified atom stereocenters. The van der Waals surface area contributed by atoms with Crippen LogP contribution in [0.25, 0.3) is 0 Å². The van der Waals surface area contributed by atoms with E-state index in [0.29, 0.717) is 0 Å². The van der Waals surface area contributed by atoms with Crippen molar-refractivity contribution in [2.45, 2.75) is 26.8 Å². The molecule has 1 N–H and O–H groups in total. The Kier molecular flexibility index (Phi) is 6.85. The lowest BCUT2D eigenvalue weighted by Gasteiger charge is -2.17. The lowest BCUT2D eigenvalue weighted by molar-refractivity contribution is 0.302. The van der Waals surface area contributed by atoms with Crippen LogP contribution in [-0.4, -0.2) is 47.2 Å². The highest BCUT2D eigenvalue weighted by atomic mass is 15.1. The van der Waals surface area contributed by atoms with Crippen LogP contribution in [0.2, 0.25) is 0 Å². The van der Waals surface area contributed by atoms with Gasteiger partial charge in [0, 0.05) is 32.0 Å². The summed E-state index contributed by atoms with van der Waals surface area (Å²) in [6.07, 6.45) is 6.87. The zero-order chi connectivity index (χ0) is 11.6. The van der Waals surface area contributed by atoms with Gasteiger partial charge in [0.25, 0.3) is 0 Å². The van der Waals surface area contributed by atoms with Crippen molar-refractivity contribution in [3.05, 3.63) is 18.7 Å². The van der Waals surface area contributed by atoms with Crippen molar-refractivity contribution in [2.75, 3.05) is 32.7 Å². The molecule has 4 heteroatoms. The van der Waals surface area contributed by atoms with E-state index in [9.17, 15) is 0 Å². The first-order valence-electron chi connectivity index (χ1n) is 6.25. The topological polar surface area (TPSA) is 33.1 Å². The lowest BCUT2D eigenvalue weighted by Crippen LogP contribution is -2.32. The molecular weight excluding hydrogens is 200 g/mol. The minimum Gasteiger partial charge on any atom is -0.337 e. The molecule has 92 valence electrons. The maximum Gasteiger partial charge on any atom is 0.0945 e. The fourth-order valence-electron chi connectivity index (χ4n) is 1.71. The third-order valence-electron chi connectivity index (χ3n) is 2.83. The number of hydrogen-bond acceptors (Lipinski definition) is 3. The predicted molar refractivity (Wildman–Crippen MR) is 67.5 cm³/mol. The molecule has 0 spiro atoms. The van der Waals surface area contributed by atoms with E-state index in [1.165, 1.54) is 0 Å². The Morgan fingerprint density at radius 1 is 1.25 bits per heavy atom. The van der Waals surface area contributed by atoms with Gasteiger partial charge < -0.3 is 14.8 Å². The zero-order valence-electron chi connectivity index (χ0n) is 10.5. The average Bonchev–Trinajstić information content (AvgIpc) is 2.81. The Morgan fingerprint density at radius 2 is 2.06 bits per heavy atom. The number of hydrogen-bond donors (Lipinski definition) is 1. The summed E-state index contributed by atoms with van der Waals surface area (Å²) in [6, 6.07) is 0. The van der Waals surface area contributed by atoms with Gasteiger partial charge in [0.1, 0.15) is 0 Å². The average molecular weight is 224 g/mol. The molecular formula is C12H24N4. The maximum absolute atomic E-state index is 4.02. The van der Waals surface area contributed by atoms with Crippen molar-refractivity contribution in [1.29, 1.82) is 0 Å². The molecule has 0 atom stereocenters. The number of imidazole rings is 1. The first kappa shape index (κ1) is 13.2. The molecule has 0 fully saturated rings. The van der Waals surface area contributed by atoms with Gasteiger partial charge in [-0.15, -0.1) is 0 Å². The smallest absolute Gasteiger partial charge is 0.0945 e. The fraction of sp³-hybridized carbons (Fsp3) is 0.750. The van der Waals surface area contributed by atoms with Crippen molar-refractivity contribution >= 4 is 0 Å². The van der Waals surface area contributed by atoms with E-state index in [1.807, 2.05) is 18.7 Å². The van der Waals surface area contributed by atoms with E-state index in [2.05, 4.69) is 33.6 Å². The quantitative estimate of drug-likeness (QED) is 0.640. The van der Waals surface area contributed by atoms with Gasteiger partial charge in [-0.25, -0.2) is 4.98 Å². The third-order valence-corrected chi connectivity index (χ3v) is 2.83. The van der Waals surface area contributed by atoms with Crippen LogP contribution in [0.15, 0.2) is 18.7 Å². The van der Waals surface area contributed by atoms with E-state index in [0.717, 1.165) is 45.7 Å². The second-order valence-electron chi connectivity index (χ2n) is 3.93. The van der Waals surface area contributed by atoms with Gasteiger partial charge in [-0.05, 0) is 26.1 Å². The summed E-state index contributed by atoms with van der Waals surface area (Å²) in [5, 5.41) is 3.47. The van der Waals surface area contributed by atoms with Crippen molar-refractivity contribution < 1.29 is 0 Å². The molecule has 1 rings (SSSR count). The molecule has 16 heavy (non-hydrogen) atoms. The standard InChI is InChI=1S/C12H24N4/c1-3-15(4-2)10-7-13-6-5-9-16-11-8-14-12-16/h8,11-13H,3-7,9-10H2,1-2H3. The van der Waals surface area contributed by atoms with Gasteiger partial charge in [-0.1, -0.05) is 13.8 Å². The number of nitrogens with one attached hydrogen (secondary N) is 1. The van der Waals surface area contributed by atoms with Crippen LogP contribution >= 0.6 is 0 Å². The maximum atomic E-state index is 4.02. The Balaban J connectivity index is 1.92. The van der Waals surface area contributed by atoms with Crippen LogP contribution in [-0.2, 0) is 6.54 Å². The summed E-state index contributed by atoms with van der Waals surface area (Å²) < 4.78 is 2.12. The summed E-state index contributed by atoms with van der Waals surface area (Å²) in [5.74, 6) is 0. The molecule has 4 nitrogen and oxygen atoms in total. The number of nitrogens with zero attached hydrogens (tertiary/aromatic N) is 3. The lowest BCUT2D eigenvalue weighted by atomic mass is 10.4. The van der Waals surface area contributed by atoms with Gasteiger partial charge in [0.15, 0.2) is 0 Å². The van der Waals surface area contributed by atoms with Gasteiger partial charge in [0.05, 0.1) is 6.33 Å². The molecule has 0 aliphatic carbocycles. The van der Waals surface area contributed by atoms with Crippen molar-refractivity contribution in [3.63, 3.8) is 0 Å². The Hall–Kier alpha value is -0.870. The molecule has 1 aromatic rings. The number of aromatic nitrogens is 2. The molecule has 0 saturated heterocycles. The number of rotatable bonds is 9. The monoisotopic (exact) mass is 224 g/mol. The van der Waals surface area contributed by atoms with Crippen LogP contribution in [0.1, 0.15) is 20.3 Å². The molecule has 0 aliphatic heterocycles. The molecule has 0 saturated carbocycles. The SMILES string of the molecule is CCN(CC)CCNCCCn1ccnc1. The highest BCUT2D eigenvalue weighted by Gasteiger charge is 1.97. The minimum atomic E-state index is 1.05. The second-order valence-corrected chi connectivity index (χ2v) is 3.93. The van der Waals surface area contributed by atoms with E-state index < -0.39 is 0 Å². The minimum absolute atomic E-state index is 1.05. The van der Waals surface area contributed by atoms with Crippen LogP contribution < -0.4 is 5.32 Å². The summed E-state index contributed by atoms with van der Waals surface area (Å²) >= 11 is 0. The normalized spacial score (nSPS) is 11.2. The zero-order valence-corrected chi connectivity index (χ0v) is 10.5. The van der Waals surface area contributed by atoms with Crippen molar-refractivity contribution in [2.24, 2.45) is 0 Å². The van der Waals surface area contributed by atoms with Crippen LogP contribution in [0, 0.1) is 0 Å². The third kappa shape index (κ3) is 5.28. The first-order valence-corrected chi connectivity index (χ1v) is 6.25. The molecule has 0 radical (unpaired) electrons. The summed E-state index contributed by atoms with van der Waals surface area (Å²) in [7, 11) is 0. The van der Waals surface area contributed by atoms with Crippen LogP contribution in [0.4, 0.5) is 0 Å². The Bertz CT molecular complexity index is 242. The van der Waals surface area contributed by atoms with Gasteiger partial charge in [-0.2, -0.15) is 0 Å². The summed E-state index contributed by atoms with van der Waals surface area (Å²) in [6.45, 7) is 11.1. The summed E-state index contributed by atoms with van der Waals surface area (Å²) in [5.41, 5.74) is 0.